The van der Waals surface area contributed by atoms with Crippen molar-refractivity contribution in [3.8, 4) is 18.1 Å². The molecule has 7 heteroatoms. The molecule has 2 aliphatic heterocycles. The Bertz CT molecular complexity index is 1280. The smallest absolute Gasteiger partial charge is 0.150 e. The Kier molecular flexibility index (Phi) is 5.84. The van der Waals surface area contributed by atoms with Crippen LogP contribution in [0.1, 0.15) is 48.0 Å². The summed E-state index contributed by atoms with van der Waals surface area (Å²) in [5, 5.41) is 14.2. The SMILES string of the molecule is C#CCN1c2c(cc(C=O)cc2OC)NC1c1cc2cccc3c2n1C(CC)CN3CCCO. The van der Waals surface area contributed by atoms with Gasteiger partial charge in [-0.05, 0) is 37.1 Å². The molecular weight excluding hydrogens is 428 g/mol. The van der Waals surface area contributed by atoms with E-state index in [4.69, 9.17) is 11.2 Å². The molecule has 7 nitrogen and oxygen atoms in total. The van der Waals surface area contributed by atoms with Crippen LogP contribution in [0.5, 0.6) is 5.75 Å². The first-order chi connectivity index (χ1) is 16.6. The summed E-state index contributed by atoms with van der Waals surface area (Å²) < 4.78 is 8.12. The predicted octanol–water partition coefficient (Wildman–Crippen LogP) is 4.18. The Balaban J connectivity index is 1.67. The number of aliphatic hydroxyl groups excluding tert-OH is 1. The quantitative estimate of drug-likeness (QED) is 0.390. The van der Waals surface area contributed by atoms with E-state index >= 15 is 0 Å². The lowest BCUT2D eigenvalue weighted by atomic mass is 10.1. The van der Waals surface area contributed by atoms with E-state index < -0.39 is 0 Å². The maximum atomic E-state index is 11.5. The second kappa shape index (κ2) is 8.96. The van der Waals surface area contributed by atoms with Gasteiger partial charge in [0.25, 0.3) is 0 Å². The van der Waals surface area contributed by atoms with Crippen LogP contribution in [0.15, 0.2) is 36.4 Å². The molecule has 2 aliphatic rings. The number of nitrogens with zero attached hydrogens (tertiary/aromatic N) is 3. The summed E-state index contributed by atoms with van der Waals surface area (Å²) in [6, 6.07) is 12.6. The number of terminal acetylenes is 1. The van der Waals surface area contributed by atoms with Crippen molar-refractivity contribution in [1.29, 1.82) is 0 Å². The van der Waals surface area contributed by atoms with Crippen LogP contribution in [0.2, 0.25) is 0 Å². The minimum absolute atomic E-state index is 0.186. The number of rotatable bonds is 8. The van der Waals surface area contributed by atoms with E-state index in [-0.39, 0.29) is 18.8 Å². The van der Waals surface area contributed by atoms with Gasteiger partial charge in [-0.25, -0.2) is 0 Å². The average Bonchev–Trinajstić information content (AvgIpc) is 3.43. The largest absolute Gasteiger partial charge is 0.494 e. The van der Waals surface area contributed by atoms with Gasteiger partial charge in [0.1, 0.15) is 23.9 Å². The van der Waals surface area contributed by atoms with Crippen molar-refractivity contribution in [1.82, 2.24) is 4.57 Å². The second-order valence-corrected chi connectivity index (χ2v) is 8.86. The van der Waals surface area contributed by atoms with E-state index in [0.717, 1.165) is 49.3 Å². The van der Waals surface area contributed by atoms with Crippen molar-refractivity contribution >= 4 is 34.3 Å². The summed E-state index contributed by atoms with van der Waals surface area (Å²) in [7, 11) is 1.61. The zero-order chi connectivity index (χ0) is 23.8. The fourth-order valence-electron chi connectivity index (χ4n) is 5.48. The molecule has 0 bridgehead atoms. The van der Waals surface area contributed by atoms with Gasteiger partial charge in [-0.15, -0.1) is 6.42 Å². The fraction of sp³-hybridized carbons (Fsp3) is 0.370. The molecule has 2 unspecified atom stereocenters. The van der Waals surface area contributed by atoms with Crippen LogP contribution < -0.4 is 19.9 Å². The molecule has 0 saturated heterocycles. The number of aromatic nitrogens is 1. The molecule has 2 aromatic carbocycles. The van der Waals surface area contributed by atoms with Crippen molar-refractivity contribution in [2.24, 2.45) is 0 Å². The van der Waals surface area contributed by atoms with Gasteiger partial charge in [-0.3, -0.25) is 4.79 Å². The van der Waals surface area contributed by atoms with Crippen molar-refractivity contribution in [2.45, 2.75) is 32.0 Å². The van der Waals surface area contributed by atoms with Crippen LogP contribution in [0, 0.1) is 12.3 Å². The Morgan fingerprint density at radius 2 is 2.18 bits per heavy atom. The third-order valence-corrected chi connectivity index (χ3v) is 6.95. The lowest BCUT2D eigenvalue weighted by molar-refractivity contribution is 0.112. The summed E-state index contributed by atoms with van der Waals surface area (Å²) >= 11 is 0. The highest BCUT2D eigenvalue weighted by atomic mass is 16.5. The highest BCUT2D eigenvalue weighted by Gasteiger charge is 2.37. The number of para-hydroxylation sites is 1. The first-order valence-corrected chi connectivity index (χ1v) is 11.8. The number of aldehydes is 1. The number of hydrogen-bond acceptors (Lipinski definition) is 6. The monoisotopic (exact) mass is 458 g/mol. The number of anilines is 3. The van der Waals surface area contributed by atoms with Crippen LogP contribution in [0.4, 0.5) is 17.1 Å². The number of nitrogens with one attached hydrogen (secondary N) is 1. The van der Waals surface area contributed by atoms with E-state index in [9.17, 15) is 9.90 Å². The van der Waals surface area contributed by atoms with Gasteiger partial charge < -0.3 is 29.5 Å². The molecule has 0 spiro atoms. The first-order valence-electron chi connectivity index (χ1n) is 11.8. The van der Waals surface area contributed by atoms with Gasteiger partial charge in [0.2, 0.25) is 0 Å². The van der Waals surface area contributed by atoms with Crippen LogP contribution in [-0.4, -0.2) is 49.3 Å². The molecule has 0 fully saturated rings. The topological polar surface area (TPSA) is 70.0 Å². The number of fused-ring (bicyclic) bond motifs is 1. The Hall–Kier alpha value is -3.63. The Morgan fingerprint density at radius 1 is 1.32 bits per heavy atom. The normalized spacial score (nSPS) is 18.5. The van der Waals surface area contributed by atoms with E-state index in [1.807, 2.05) is 6.07 Å². The molecule has 5 rings (SSSR count). The first kappa shape index (κ1) is 22.2. The second-order valence-electron chi connectivity index (χ2n) is 8.86. The summed E-state index contributed by atoms with van der Waals surface area (Å²) in [5.41, 5.74) is 5.82. The lowest BCUT2D eigenvalue weighted by Gasteiger charge is -2.38. The molecule has 2 N–H and O–H groups in total. The van der Waals surface area contributed by atoms with Crippen molar-refractivity contribution < 1.29 is 14.6 Å². The highest BCUT2D eigenvalue weighted by Crippen LogP contribution is 2.49. The van der Waals surface area contributed by atoms with Gasteiger partial charge >= 0.3 is 0 Å². The molecule has 3 aromatic rings. The van der Waals surface area contributed by atoms with E-state index in [0.29, 0.717) is 17.9 Å². The number of methoxy groups -OCH3 is 1. The van der Waals surface area contributed by atoms with Crippen molar-refractivity contribution in [3.63, 3.8) is 0 Å². The van der Waals surface area contributed by atoms with Gasteiger partial charge in [0.05, 0.1) is 42.3 Å². The minimum atomic E-state index is -0.194. The minimum Gasteiger partial charge on any atom is -0.494 e. The zero-order valence-corrected chi connectivity index (χ0v) is 19.6. The third kappa shape index (κ3) is 3.37. The van der Waals surface area contributed by atoms with Gasteiger partial charge in [0.15, 0.2) is 0 Å². The average molecular weight is 459 g/mol. The predicted molar refractivity (Wildman–Crippen MR) is 136 cm³/mol. The molecule has 1 aromatic heterocycles. The number of hydrogen-bond donors (Lipinski definition) is 2. The van der Waals surface area contributed by atoms with Crippen LogP contribution in [-0.2, 0) is 0 Å². The Labute approximate surface area is 199 Å². The lowest BCUT2D eigenvalue weighted by Crippen LogP contribution is -2.38. The molecule has 2 atom stereocenters. The number of benzene rings is 2. The van der Waals surface area contributed by atoms with Crippen LogP contribution in [0.3, 0.4) is 0 Å². The number of carbonyl (C=O) groups excluding carboxylic acids is 1. The van der Waals surface area contributed by atoms with Crippen molar-refractivity contribution in [2.75, 3.05) is 48.5 Å². The number of aliphatic hydroxyl groups is 1. The summed E-state index contributed by atoms with van der Waals surface area (Å²) in [6.07, 6.45) is 8.17. The van der Waals surface area contributed by atoms with E-state index in [1.54, 1.807) is 13.2 Å². The summed E-state index contributed by atoms with van der Waals surface area (Å²) in [4.78, 5) is 16.1. The molecule has 0 aliphatic carbocycles. The van der Waals surface area contributed by atoms with Crippen molar-refractivity contribution in [3.05, 3.63) is 47.7 Å². The maximum Gasteiger partial charge on any atom is 0.150 e. The van der Waals surface area contributed by atoms with Gasteiger partial charge in [0, 0.05) is 30.6 Å². The molecular formula is C27H30N4O3. The van der Waals surface area contributed by atoms with E-state index in [1.165, 1.54) is 16.6 Å². The molecule has 0 radical (unpaired) electrons. The summed E-state index contributed by atoms with van der Waals surface area (Å²) in [6.45, 7) is 4.51. The van der Waals surface area contributed by atoms with Crippen LogP contribution in [0.25, 0.3) is 10.9 Å². The maximum absolute atomic E-state index is 11.5. The highest BCUT2D eigenvalue weighted by molar-refractivity contribution is 5.95. The number of carbonyl (C=O) groups is 1. The molecule has 34 heavy (non-hydrogen) atoms. The zero-order valence-electron chi connectivity index (χ0n) is 19.6. The Morgan fingerprint density at radius 3 is 2.88 bits per heavy atom. The van der Waals surface area contributed by atoms with Gasteiger partial charge in [-0.1, -0.05) is 25.0 Å². The van der Waals surface area contributed by atoms with Crippen LogP contribution >= 0.6 is 0 Å². The standard InChI is InChI=1S/C27H30N4O3/c1-4-10-30-26-21(13-18(17-33)14-24(26)34-3)28-27(30)23-15-19-8-6-9-22-25(19)31(23)20(5-2)16-29(22)11-7-12-32/h1,6,8-9,13-15,17,20,27-28,32H,5,7,10-12,16H2,2-3H3. The van der Waals surface area contributed by atoms with Gasteiger partial charge in [-0.2, -0.15) is 0 Å². The van der Waals surface area contributed by atoms with E-state index in [2.05, 4.69) is 56.8 Å². The number of ether oxygens (including phenoxy) is 1. The molecule has 176 valence electrons. The molecule has 3 heterocycles. The third-order valence-electron chi connectivity index (χ3n) is 6.95. The fourth-order valence-corrected chi connectivity index (χ4v) is 5.48. The molecule has 0 saturated carbocycles. The molecule has 0 amide bonds. The summed E-state index contributed by atoms with van der Waals surface area (Å²) in [5.74, 6) is 3.43.